The van der Waals surface area contributed by atoms with Crippen molar-refractivity contribution in [1.29, 1.82) is 0 Å². The number of ether oxygens (including phenoxy) is 2. The average molecular weight is 284 g/mol. The van der Waals surface area contributed by atoms with Crippen molar-refractivity contribution in [3.05, 3.63) is 12.2 Å². The van der Waals surface area contributed by atoms with Gasteiger partial charge in [0, 0.05) is 12.2 Å². The molecule has 0 fully saturated rings. The highest BCUT2D eigenvalue weighted by Crippen LogP contribution is 2.06. The van der Waals surface area contributed by atoms with Crippen LogP contribution in [0, 0.1) is 0 Å². The van der Waals surface area contributed by atoms with Crippen LogP contribution >= 0.6 is 0 Å². The molecule has 0 saturated heterocycles. The SMILES string of the molecule is CCCCC(C)OC(=O)/C=C\C(=O)OC(C)CCCC. The molecule has 0 aliphatic carbocycles. The van der Waals surface area contributed by atoms with E-state index in [-0.39, 0.29) is 12.2 Å². The molecular weight excluding hydrogens is 256 g/mol. The zero-order valence-corrected chi connectivity index (χ0v) is 13.2. The van der Waals surface area contributed by atoms with Gasteiger partial charge in [0.2, 0.25) is 0 Å². The first kappa shape index (κ1) is 18.7. The lowest BCUT2D eigenvalue weighted by molar-refractivity contribution is -0.145. The van der Waals surface area contributed by atoms with Crippen molar-refractivity contribution in [3.63, 3.8) is 0 Å². The van der Waals surface area contributed by atoms with Crippen molar-refractivity contribution >= 4 is 11.9 Å². The molecule has 0 spiro atoms. The van der Waals surface area contributed by atoms with Crippen LogP contribution in [0.5, 0.6) is 0 Å². The van der Waals surface area contributed by atoms with Gasteiger partial charge in [-0.3, -0.25) is 0 Å². The standard InChI is InChI=1S/C16H28O4/c1-5-7-9-13(3)19-15(17)11-12-16(18)20-14(4)10-8-6-2/h11-14H,5-10H2,1-4H3/b12-11-. The van der Waals surface area contributed by atoms with Gasteiger partial charge in [0.15, 0.2) is 0 Å². The molecule has 116 valence electrons. The zero-order valence-electron chi connectivity index (χ0n) is 13.2. The monoisotopic (exact) mass is 284 g/mol. The largest absolute Gasteiger partial charge is 0.460 e. The molecular formula is C16H28O4. The second-order valence-corrected chi connectivity index (χ2v) is 5.11. The van der Waals surface area contributed by atoms with Crippen molar-refractivity contribution in [2.45, 2.75) is 78.4 Å². The highest BCUT2D eigenvalue weighted by Gasteiger charge is 2.09. The Bertz CT molecular complexity index is 280. The van der Waals surface area contributed by atoms with Crippen molar-refractivity contribution in [2.75, 3.05) is 0 Å². The Labute approximate surface area is 122 Å². The fourth-order valence-corrected chi connectivity index (χ4v) is 1.71. The summed E-state index contributed by atoms with van der Waals surface area (Å²) in [7, 11) is 0. The first-order valence-corrected chi connectivity index (χ1v) is 7.58. The Morgan fingerprint density at radius 1 is 0.850 bits per heavy atom. The van der Waals surface area contributed by atoms with Gasteiger partial charge in [-0.15, -0.1) is 0 Å². The summed E-state index contributed by atoms with van der Waals surface area (Å²) in [5.74, 6) is -0.987. The average Bonchev–Trinajstić information content (AvgIpc) is 2.40. The lowest BCUT2D eigenvalue weighted by Gasteiger charge is -2.11. The maximum Gasteiger partial charge on any atom is 0.331 e. The molecule has 0 radical (unpaired) electrons. The van der Waals surface area contributed by atoms with E-state index >= 15 is 0 Å². The van der Waals surface area contributed by atoms with E-state index in [1.807, 2.05) is 13.8 Å². The Morgan fingerprint density at radius 3 is 1.50 bits per heavy atom. The summed E-state index contributed by atoms with van der Waals surface area (Å²) >= 11 is 0. The highest BCUT2D eigenvalue weighted by molar-refractivity contribution is 5.91. The molecule has 0 aliphatic rings. The molecule has 2 unspecified atom stereocenters. The molecule has 4 nitrogen and oxygen atoms in total. The molecule has 2 atom stereocenters. The van der Waals surface area contributed by atoms with Crippen LogP contribution in [0.3, 0.4) is 0 Å². The molecule has 0 amide bonds. The number of carbonyl (C=O) groups excluding carboxylic acids is 2. The lowest BCUT2D eigenvalue weighted by Crippen LogP contribution is -2.15. The molecule has 0 N–H and O–H groups in total. The number of hydrogen-bond acceptors (Lipinski definition) is 4. The second kappa shape index (κ2) is 11.5. The van der Waals surface area contributed by atoms with Gasteiger partial charge in [0.05, 0.1) is 12.2 Å². The molecule has 20 heavy (non-hydrogen) atoms. The summed E-state index contributed by atoms with van der Waals surface area (Å²) in [5.41, 5.74) is 0. The van der Waals surface area contributed by atoms with Crippen molar-refractivity contribution < 1.29 is 19.1 Å². The van der Waals surface area contributed by atoms with E-state index in [1.165, 1.54) is 0 Å². The van der Waals surface area contributed by atoms with Gasteiger partial charge in [-0.05, 0) is 26.7 Å². The molecule has 0 bridgehead atoms. The number of unbranched alkanes of at least 4 members (excludes halogenated alkanes) is 2. The van der Waals surface area contributed by atoms with Crippen LogP contribution in [0.1, 0.15) is 66.2 Å². The third-order valence-electron chi connectivity index (χ3n) is 2.92. The summed E-state index contributed by atoms with van der Waals surface area (Å²) in [6, 6.07) is 0. The predicted molar refractivity (Wildman–Crippen MR) is 79.3 cm³/mol. The predicted octanol–water partition coefficient (Wildman–Crippen LogP) is 3.79. The summed E-state index contributed by atoms with van der Waals surface area (Å²) in [6.45, 7) is 7.88. The highest BCUT2D eigenvalue weighted by atomic mass is 16.5. The van der Waals surface area contributed by atoms with Crippen LogP contribution in [-0.4, -0.2) is 24.1 Å². The number of carbonyl (C=O) groups is 2. The first-order valence-electron chi connectivity index (χ1n) is 7.58. The maximum atomic E-state index is 11.5. The molecule has 0 aromatic rings. The Kier molecular flexibility index (Phi) is 10.7. The summed E-state index contributed by atoms with van der Waals surface area (Å²) in [5, 5.41) is 0. The van der Waals surface area contributed by atoms with Crippen molar-refractivity contribution in [2.24, 2.45) is 0 Å². The molecule has 4 heteroatoms. The summed E-state index contributed by atoms with van der Waals surface area (Å²) in [6.07, 6.45) is 7.90. The van der Waals surface area contributed by atoms with Crippen LogP contribution < -0.4 is 0 Å². The van der Waals surface area contributed by atoms with Crippen LogP contribution in [0.15, 0.2) is 12.2 Å². The van der Waals surface area contributed by atoms with Crippen LogP contribution in [-0.2, 0) is 19.1 Å². The van der Waals surface area contributed by atoms with Gasteiger partial charge >= 0.3 is 11.9 Å². The van der Waals surface area contributed by atoms with Gasteiger partial charge < -0.3 is 9.47 Å². The van der Waals surface area contributed by atoms with E-state index < -0.39 is 11.9 Å². The van der Waals surface area contributed by atoms with E-state index in [0.717, 1.165) is 50.7 Å². The first-order chi connectivity index (χ1) is 9.49. The van der Waals surface area contributed by atoms with E-state index in [9.17, 15) is 9.59 Å². The fraction of sp³-hybridized carbons (Fsp3) is 0.750. The molecule has 0 rings (SSSR count). The summed E-state index contributed by atoms with van der Waals surface area (Å²) < 4.78 is 10.3. The molecule has 0 saturated carbocycles. The third kappa shape index (κ3) is 10.6. The van der Waals surface area contributed by atoms with Gasteiger partial charge in [-0.25, -0.2) is 9.59 Å². The van der Waals surface area contributed by atoms with Crippen molar-refractivity contribution in [1.82, 2.24) is 0 Å². The number of hydrogen-bond donors (Lipinski definition) is 0. The smallest absolute Gasteiger partial charge is 0.331 e. The zero-order chi connectivity index (χ0) is 15.4. The Balaban J connectivity index is 3.96. The summed E-state index contributed by atoms with van der Waals surface area (Å²) in [4.78, 5) is 22.9. The minimum atomic E-state index is -0.494. The number of rotatable bonds is 10. The Hall–Kier alpha value is -1.32. The minimum Gasteiger partial charge on any atom is -0.460 e. The maximum absolute atomic E-state index is 11.5. The van der Waals surface area contributed by atoms with Crippen LogP contribution in [0.4, 0.5) is 0 Å². The van der Waals surface area contributed by atoms with Gasteiger partial charge in [-0.1, -0.05) is 39.5 Å². The third-order valence-corrected chi connectivity index (χ3v) is 2.92. The lowest BCUT2D eigenvalue weighted by atomic mass is 10.2. The van der Waals surface area contributed by atoms with E-state index in [2.05, 4.69) is 13.8 Å². The van der Waals surface area contributed by atoms with E-state index in [0.29, 0.717) is 0 Å². The number of esters is 2. The molecule has 0 aromatic carbocycles. The Morgan fingerprint density at radius 2 is 1.20 bits per heavy atom. The van der Waals surface area contributed by atoms with E-state index in [4.69, 9.17) is 9.47 Å². The second-order valence-electron chi connectivity index (χ2n) is 5.11. The van der Waals surface area contributed by atoms with Crippen molar-refractivity contribution in [3.8, 4) is 0 Å². The topological polar surface area (TPSA) is 52.6 Å². The molecule has 0 aliphatic heterocycles. The normalized spacial score (nSPS) is 14.0. The van der Waals surface area contributed by atoms with E-state index in [1.54, 1.807) is 0 Å². The van der Waals surface area contributed by atoms with Crippen LogP contribution in [0.25, 0.3) is 0 Å². The fourth-order valence-electron chi connectivity index (χ4n) is 1.71. The minimum absolute atomic E-state index is 0.119. The quantitative estimate of drug-likeness (QED) is 0.452. The van der Waals surface area contributed by atoms with Gasteiger partial charge in [0.25, 0.3) is 0 Å². The van der Waals surface area contributed by atoms with Gasteiger partial charge in [0.1, 0.15) is 0 Å². The molecule has 0 aromatic heterocycles. The molecule has 0 heterocycles. The van der Waals surface area contributed by atoms with Crippen LogP contribution in [0.2, 0.25) is 0 Å². The van der Waals surface area contributed by atoms with Gasteiger partial charge in [-0.2, -0.15) is 0 Å².